The summed E-state index contributed by atoms with van der Waals surface area (Å²) in [6, 6.07) is 0. The maximum atomic E-state index is 3.37. The van der Waals surface area contributed by atoms with Crippen molar-refractivity contribution in [3.63, 3.8) is 0 Å². The lowest BCUT2D eigenvalue weighted by molar-refractivity contribution is 0.300. The maximum Gasteiger partial charge on any atom is 0.00420 e. The van der Waals surface area contributed by atoms with Crippen LogP contribution in [0.25, 0.3) is 0 Å². The first-order chi connectivity index (χ1) is 6.79. The Morgan fingerprint density at radius 3 is 2.43 bits per heavy atom. The van der Waals surface area contributed by atoms with Crippen molar-refractivity contribution < 1.29 is 0 Å². The molecule has 0 aromatic rings. The highest BCUT2D eigenvalue weighted by atomic mass is 14.8. The number of hydrogen-bond acceptors (Lipinski definition) is 1. The Bertz CT molecular complexity index is 189. The van der Waals surface area contributed by atoms with Gasteiger partial charge in [0.15, 0.2) is 0 Å². The molecule has 0 atom stereocenters. The molecule has 1 aliphatic carbocycles. The van der Waals surface area contributed by atoms with Gasteiger partial charge in [0.2, 0.25) is 0 Å². The largest absolute Gasteiger partial charge is 0.319 e. The molecule has 1 nitrogen and oxygen atoms in total. The van der Waals surface area contributed by atoms with Crippen molar-refractivity contribution in [2.75, 3.05) is 13.6 Å². The lowest BCUT2D eigenvalue weighted by Gasteiger charge is -2.36. The first-order valence-electron chi connectivity index (χ1n) is 6.13. The Kier molecular flexibility index (Phi) is 4.67. The van der Waals surface area contributed by atoms with Crippen molar-refractivity contribution in [3.05, 3.63) is 11.6 Å². The summed E-state index contributed by atoms with van der Waals surface area (Å²) in [7, 11) is 2.07. The zero-order valence-electron chi connectivity index (χ0n) is 10.0. The highest BCUT2D eigenvalue weighted by Gasteiger charge is 2.29. The van der Waals surface area contributed by atoms with E-state index in [1.165, 1.54) is 38.5 Å². The minimum atomic E-state index is 0.454. The molecule has 0 spiro atoms. The van der Waals surface area contributed by atoms with Crippen LogP contribution in [-0.4, -0.2) is 13.6 Å². The average Bonchev–Trinajstić information content (AvgIpc) is 2.27. The Balaban J connectivity index is 2.78. The van der Waals surface area contributed by atoms with E-state index in [0.717, 1.165) is 6.54 Å². The molecule has 0 saturated heterocycles. The molecule has 0 amide bonds. The third-order valence-corrected chi connectivity index (χ3v) is 3.84. The van der Waals surface area contributed by atoms with Gasteiger partial charge < -0.3 is 5.32 Å². The van der Waals surface area contributed by atoms with E-state index < -0.39 is 0 Å². The Morgan fingerprint density at radius 1 is 1.29 bits per heavy atom. The third kappa shape index (κ3) is 2.38. The highest BCUT2D eigenvalue weighted by molar-refractivity contribution is 5.17. The van der Waals surface area contributed by atoms with E-state index in [1.54, 1.807) is 5.57 Å². The van der Waals surface area contributed by atoms with Gasteiger partial charge in [-0.3, -0.25) is 0 Å². The van der Waals surface area contributed by atoms with Crippen LogP contribution in [0.5, 0.6) is 0 Å². The minimum absolute atomic E-state index is 0.454. The standard InChI is InChI=1S/C13H25N/c1-4-13(5-2,11-14-3)12-9-7-6-8-10-12/h9,14H,4-8,10-11H2,1-3H3. The van der Waals surface area contributed by atoms with Crippen LogP contribution >= 0.6 is 0 Å². The molecule has 0 aliphatic heterocycles. The van der Waals surface area contributed by atoms with E-state index in [1.807, 2.05) is 0 Å². The van der Waals surface area contributed by atoms with Crippen molar-refractivity contribution in [2.45, 2.75) is 52.4 Å². The second kappa shape index (κ2) is 5.55. The molecule has 1 rings (SSSR count). The third-order valence-electron chi connectivity index (χ3n) is 3.84. The smallest absolute Gasteiger partial charge is 0.00420 e. The van der Waals surface area contributed by atoms with E-state index in [2.05, 4.69) is 32.3 Å². The molecule has 14 heavy (non-hydrogen) atoms. The summed E-state index contributed by atoms with van der Waals surface area (Å²) in [5.41, 5.74) is 2.18. The van der Waals surface area contributed by atoms with E-state index in [4.69, 9.17) is 0 Å². The molecule has 1 heteroatoms. The molecule has 0 aromatic heterocycles. The van der Waals surface area contributed by atoms with Crippen molar-refractivity contribution in [1.29, 1.82) is 0 Å². The molecule has 0 fully saturated rings. The van der Waals surface area contributed by atoms with Gasteiger partial charge in [0.25, 0.3) is 0 Å². The van der Waals surface area contributed by atoms with Crippen LogP contribution in [0.3, 0.4) is 0 Å². The molecule has 82 valence electrons. The van der Waals surface area contributed by atoms with Crippen LogP contribution in [0.1, 0.15) is 52.4 Å². The van der Waals surface area contributed by atoms with Crippen molar-refractivity contribution in [2.24, 2.45) is 5.41 Å². The van der Waals surface area contributed by atoms with Crippen LogP contribution in [0.4, 0.5) is 0 Å². The van der Waals surface area contributed by atoms with Crippen molar-refractivity contribution in [3.8, 4) is 0 Å². The van der Waals surface area contributed by atoms with Gasteiger partial charge >= 0.3 is 0 Å². The second-order valence-electron chi connectivity index (χ2n) is 4.49. The van der Waals surface area contributed by atoms with E-state index in [-0.39, 0.29) is 0 Å². The lowest BCUT2D eigenvalue weighted by atomic mass is 9.71. The quantitative estimate of drug-likeness (QED) is 0.662. The normalized spacial score (nSPS) is 18.1. The molecule has 0 bridgehead atoms. The van der Waals surface area contributed by atoms with E-state index in [9.17, 15) is 0 Å². The van der Waals surface area contributed by atoms with Crippen LogP contribution < -0.4 is 5.32 Å². The molecule has 0 unspecified atom stereocenters. The first kappa shape index (κ1) is 11.8. The van der Waals surface area contributed by atoms with Crippen molar-refractivity contribution >= 4 is 0 Å². The predicted molar refractivity (Wildman–Crippen MR) is 63.5 cm³/mol. The monoisotopic (exact) mass is 195 g/mol. The van der Waals surface area contributed by atoms with Crippen LogP contribution in [0.15, 0.2) is 11.6 Å². The molecule has 0 heterocycles. The molecule has 0 saturated carbocycles. The Morgan fingerprint density at radius 2 is 2.00 bits per heavy atom. The summed E-state index contributed by atoms with van der Waals surface area (Å²) in [6.07, 6.45) is 10.5. The summed E-state index contributed by atoms with van der Waals surface area (Å²) in [5, 5.41) is 3.37. The predicted octanol–water partition coefficient (Wildman–Crippen LogP) is 3.51. The first-order valence-corrected chi connectivity index (χ1v) is 6.13. The van der Waals surface area contributed by atoms with Gasteiger partial charge in [0.05, 0.1) is 0 Å². The SMILES string of the molecule is CCC(CC)(CNC)C1=CCCCC1. The van der Waals surface area contributed by atoms with Gasteiger partial charge in [0.1, 0.15) is 0 Å². The maximum absolute atomic E-state index is 3.37. The van der Waals surface area contributed by atoms with Crippen LogP contribution in [-0.2, 0) is 0 Å². The summed E-state index contributed by atoms with van der Waals surface area (Å²) < 4.78 is 0. The van der Waals surface area contributed by atoms with E-state index >= 15 is 0 Å². The van der Waals surface area contributed by atoms with Gasteiger partial charge in [0, 0.05) is 12.0 Å². The number of allylic oxidation sites excluding steroid dienone is 1. The molecular weight excluding hydrogens is 170 g/mol. The fourth-order valence-corrected chi connectivity index (χ4v) is 2.73. The van der Waals surface area contributed by atoms with Gasteiger partial charge in [-0.25, -0.2) is 0 Å². The number of rotatable bonds is 5. The summed E-state index contributed by atoms with van der Waals surface area (Å²) in [5.74, 6) is 0. The number of hydrogen-bond donors (Lipinski definition) is 1. The molecular formula is C13H25N. The zero-order chi connectivity index (χ0) is 10.4. The summed E-state index contributed by atoms with van der Waals surface area (Å²) >= 11 is 0. The Hall–Kier alpha value is -0.300. The van der Waals surface area contributed by atoms with Gasteiger partial charge in [-0.2, -0.15) is 0 Å². The molecule has 1 aliphatic rings. The topological polar surface area (TPSA) is 12.0 Å². The van der Waals surface area contributed by atoms with Gasteiger partial charge in [-0.1, -0.05) is 25.5 Å². The lowest BCUT2D eigenvalue weighted by Crippen LogP contribution is -2.34. The highest BCUT2D eigenvalue weighted by Crippen LogP contribution is 2.39. The van der Waals surface area contributed by atoms with Gasteiger partial charge in [-0.15, -0.1) is 0 Å². The van der Waals surface area contributed by atoms with E-state index in [0.29, 0.717) is 5.41 Å². The molecule has 1 N–H and O–H groups in total. The van der Waals surface area contributed by atoms with Crippen molar-refractivity contribution in [1.82, 2.24) is 5.32 Å². The summed E-state index contributed by atoms with van der Waals surface area (Å²) in [4.78, 5) is 0. The second-order valence-corrected chi connectivity index (χ2v) is 4.49. The van der Waals surface area contributed by atoms with Crippen LogP contribution in [0.2, 0.25) is 0 Å². The fourth-order valence-electron chi connectivity index (χ4n) is 2.73. The fraction of sp³-hybridized carbons (Fsp3) is 0.846. The Labute approximate surface area is 89.0 Å². The van der Waals surface area contributed by atoms with Crippen LogP contribution in [0, 0.1) is 5.41 Å². The van der Waals surface area contributed by atoms with Gasteiger partial charge in [-0.05, 0) is 45.6 Å². The average molecular weight is 195 g/mol. The number of nitrogens with one attached hydrogen (secondary N) is 1. The minimum Gasteiger partial charge on any atom is -0.319 e. The zero-order valence-corrected chi connectivity index (χ0v) is 10.0. The summed E-state index contributed by atoms with van der Waals surface area (Å²) in [6.45, 7) is 5.80. The molecule has 0 aromatic carbocycles. The molecule has 0 radical (unpaired) electrons.